The lowest BCUT2D eigenvalue weighted by atomic mass is 10.1. The second kappa shape index (κ2) is 11.0. The van der Waals surface area contributed by atoms with E-state index in [4.69, 9.17) is 9.29 Å². The van der Waals surface area contributed by atoms with Gasteiger partial charge in [0, 0.05) is 12.4 Å². The van der Waals surface area contributed by atoms with E-state index < -0.39 is 40.3 Å². The van der Waals surface area contributed by atoms with Crippen molar-refractivity contribution in [1.29, 1.82) is 0 Å². The van der Waals surface area contributed by atoms with Crippen LogP contribution in [0.25, 0.3) is 0 Å². The van der Waals surface area contributed by atoms with Crippen LogP contribution >= 0.6 is 0 Å². The highest BCUT2D eigenvalue weighted by Crippen LogP contribution is 2.14. The largest absolute Gasteiger partial charge is 0.445 e. The van der Waals surface area contributed by atoms with Gasteiger partial charge in [0.1, 0.15) is 18.7 Å². The van der Waals surface area contributed by atoms with Crippen molar-refractivity contribution in [3.05, 3.63) is 66.5 Å². The van der Waals surface area contributed by atoms with Crippen LogP contribution in [0.2, 0.25) is 0 Å². The number of benzene rings is 1. The topological polar surface area (TPSA) is 155 Å². The fourth-order valence-electron chi connectivity index (χ4n) is 2.33. The number of nitrogens with zero attached hydrogens (tertiary/aromatic N) is 2. The van der Waals surface area contributed by atoms with Gasteiger partial charge in [0.25, 0.3) is 5.91 Å². The Morgan fingerprint density at radius 1 is 1.19 bits per heavy atom. The SMILES string of the molecule is C[C@@H](NC(=O)OCc1ccccc1)C(=O)NC1CN(S(=O)(=O)O)C1=O.c1ccncc1. The zero-order valence-corrected chi connectivity index (χ0v) is 17.4. The molecule has 31 heavy (non-hydrogen) atoms. The van der Waals surface area contributed by atoms with Gasteiger partial charge in [-0.05, 0) is 24.6 Å². The lowest BCUT2D eigenvalue weighted by Crippen LogP contribution is -2.66. The molecular formula is C19H22N4O7S. The molecule has 0 saturated carbocycles. The molecule has 0 spiro atoms. The summed E-state index contributed by atoms with van der Waals surface area (Å²) in [6.07, 6.45) is 2.69. The number of hydrogen-bond acceptors (Lipinski definition) is 7. The summed E-state index contributed by atoms with van der Waals surface area (Å²) in [6.45, 7) is 1.04. The number of nitrogens with one attached hydrogen (secondary N) is 2. The van der Waals surface area contributed by atoms with Crippen molar-refractivity contribution in [2.45, 2.75) is 25.6 Å². The number of rotatable bonds is 6. The molecule has 0 bridgehead atoms. The lowest BCUT2D eigenvalue weighted by Gasteiger charge is -2.35. The Labute approximate surface area is 179 Å². The molecule has 2 heterocycles. The average molecular weight is 450 g/mol. The second-order valence-electron chi connectivity index (χ2n) is 6.36. The molecule has 1 saturated heterocycles. The molecule has 2 aromatic rings. The lowest BCUT2D eigenvalue weighted by molar-refractivity contribution is -0.140. The molecule has 1 aromatic carbocycles. The minimum Gasteiger partial charge on any atom is -0.445 e. The number of alkyl carbamates (subject to hydrolysis) is 1. The fourth-order valence-corrected chi connectivity index (χ4v) is 3.02. The summed E-state index contributed by atoms with van der Waals surface area (Å²) in [7, 11) is -4.61. The minimum absolute atomic E-state index is 0.0332. The van der Waals surface area contributed by atoms with Crippen LogP contribution in [0.3, 0.4) is 0 Å². The molecule has 0 radical (unpaired) electrons. The molecule has 166 valence electrons. The quantitative estimate of drug-likeness (QED) is 0.425. The highest BCUT2D eigenvalue weighted by Gasteiger charge is 2.44. The Bertz CT molecular complexity index is 960. The number of carbonyl (C=O) groups is 3. The Hall–Kier alpha value is -3.51. The summed E-state index contributed by atoms with van der Waals surface area (Å²) in [4.78, 5) is 38.8. The summed E-state index contributed by atoms with van der Waals surface area (Å²) in [5, 5.41) is 4.57. The molecule has 11 nitrogen and oxygen atoms in total. The van der Waals surface area contributed by atoms with E-state index in [0.29, 0.717) is 0 Å². The molecular weight excluding hydrogens is 428 g/mol. The van der Waals surface area contributed by atoms with E-state index in [-0.39, 0.29) is 17.5 Å². The maximum atomic E-state index is 11.9. The predicted octanol–water partition coefficient (Wildman–Crippen LogP) is 0.513. The van der Waals surface area contributed by atoms with Crippen molar-refractivity contribution in [3.8, 4) is 0 Å². The third kappa shape index (κ3) is 7.68. The molecule has 1 aliphatic rings. The predicted molar refractivity (Wildman–Crippen MR) is 109 cm³/mol. The maximum absolute atomic E-state index is 11.9. The van der Waals surface area contributed by atoms with Crippen LogP contribution in [0.1, 0.15) is 12.5 Å². The van der Waals surface area contributed by atoms with Crippen LogP contribution in [0, 0.1) is 0 Å². The Morgan fingerprint density at radius 2 is 1.81 bits per heavy atom. The van der Waals surface area contributed by atoms with Gasteiger partial charge >= 0.3 is 16.4 Å². The first kappa shape index (κ1) is 23.8. The summed E-state index contributed by atoms with van der Waals surface area (Å²) in [6, 6.07) is 12.6. The first-order valence-electron chi connectivity index (χ1n) is 9.10. The van der Waals surface area contributed by atoms with Gasteiger partial charge in [-0.25, -0.2) is 9.10 Å². The highest BCUT2D eigenvalue weighted by molar-refractivity contribution is 7.84. The number of amides is 3. The van der Waals surface area contributed by atoms with E-state index >= 15 is 0 Å². The monoisotopic (exact) mass is 450 g/mol. The van der Waals surface area contributed by atoms with Gasteiger partial charge in [-0.15, -0.1) is 0 Å². The Kier molecular flexibility index (Phi) is 8.46. The molecule has 1 unspecified atom stereocenters. The summed E-state index contributed by atoms with van der Waals surface area (Å²) >= 11 is 0. The number of aromatic nitrogens is 1. The second-order valence-corrected chi connectivity index (χ2v) is 7.70. The molecule has 12 heteroatoms. The normalized spacial score (nSPS) is 16.1. The van der Waals surface area contributed by atoms with Crippen molar-refractivity contribution < 1.29 is 32.1 Å². The van der Waals surface area contributed by atoms with Gasteiger partial charge in [-0.1, -0.05) is 36.4 Å². The molecule has 3 rings (SSSR count). The van der Waals surface area contributed by atoms with Crippen molar-refractivity contribution in [1.82, 2.24) is 19.9 Å². The maximum Gasteiger partial charge on any atom is 0.408 e. The van der Waals surface area contributed by atoms with Crippen LogP contribution < -0.4 is 10.6 Å². The van der Waals surface area contributed by atoms with Gasteiger partial charge in [0.05, 0.1) is 6.54 Å². The highest BCUT2D eigenvalue weighted by atomic mass is 32.2. The average Bonchev–Trinajstić information content (AvgIpc) is 2.76. The molecule has 0 aliphatic carbocycles. The van der Waals surface area contributed by atoms with E-state index in [1.165, 1.54) is 6.92 Å². The molecule has 1 fully saturated rings. The fraction of sp³-hybridized carbons (Fsp3) is 0.263. The molecule has 3 N–H and O–H groups in total. The van der Waals surface area contributed by atoms with Crippen LogP contribution in [-0.2, 0) is 31.2 Å². The van der Waals surface area contributed by atoms with Crippen LogP contribution in [0.4, 0.5) is 4.79 Å². The molecule has 1 aromatic heterocycles. The van der Waals surface area contributed by atoms with E-state index in [2.05, 4.69) is 15.6 Å². The van der Waals surface area contributed by atoms with Gasteiger partial charge in [0.2, 0.25) is 5.91 Å². The number of pyridine rings is 1. The summed E-state index contributed by atoms with van der Waals surface area (Å²) in [5.74, 6) is -1.64. The van der Waals surface area contributed by atoms with E-state index in [1.807, 2.05) is 24.3 Å². The van der Waals surface area contributed by atoms with Crippen LogP contribution in [0.5, 0.6) is 0 Å². The van der Waals surface area contributed by atoms with Gasteiger partial charge in [0.15, 0.2) is 0 Å². The standard InChI is InChI=1S/C14H17N3O7S.C5H5N/c1-9(15-14(20)24-8-10-5-3-2-4-6-10)12(18)16-11-7-17(13(11)19)25(21,22)23;1-2-4-6-5-3-1/h2-6,9,11H,7-8H2,1H3,(H,15,20)(H,16,18)(H,21,22,23);1-5H/t9-,11?;/m1./s1. The molecule has 2 atom stereocenters. The summed E-state index contributed by atoms with van der Waals surface area (Å²) < 4.78 is 35.5. The van der Waals surface area contributed by atoms with Crippen LogP contribution in [-0.4, -0.2) is 58.8 Å². The van der Waals surface area contributed by atoms with E-state index in [0.717, 1.165) is 5.56 Å². The van der Waals surface area contributed by atoms with Crippen molar-refractivity contribution >= 4 is 28.2 Å². The number of ether oxygens (including phenoxy) is 1. The zero-order chi connectivity index (χ0) is 22.9. The first-order chi connectivity index (χ1) is 14.7. The first-order valence-corrected chi connectivity index (χ1v) is 10.5. The van der Waals surface area contributed by atoms with Crippen molar-refractivity contribution in [2.24, 2.45) is 0 Å². The Morgan fingerprint density at radius 3 is 2.29 bits per heavy atom. The number of carbonyl (C=O) groups excluding carboxylic acids is 3. The number of hydrogen-bond donors (Lipinski definition) is 3. The number of β-lactam (4-membered cyclic amide) rings is 1. The molecule has 1 aliphatic heterocycles. The van der Waals surface area contributed by atoms with Gasteiger partial charge < -0.3 is 15.4 Å². The van der Waals surface area contributed by atoms with Crippen LogP contribution in [0.15, 0.2) is 60.9 Å². The smallest absolute Gasteiger partial charge is 0.408 e. The van der Waals surface area contributed by atoms with E-state index in [9.17, 15) is 22.8 Å². The third-order valence-corrected chi connectivity index (χ3v) is 4.88. The minimum atomic E-state index is -4.61. The summed E-state index contributed by atoms with van der Waals surface area (Å²) in [5.41, 5.74) is 0.778. The van der Waals surface area contributed by atoms with Gasteiger partial charge in [-0.2, -0.15) is 8.42 Å². The third-order valence-electron chi connectivity index (χ3n) is 3.99. The van der Waals surface area contributed by atoms with Gasteiger partial charge in [-0.3, -0.25) is 19.1 Å². The van der Waals surface area contributed by atoms with Crippen molar-refractivity contribution in [2.75, 3.05) is 6.54 Å². The van der Waals surface area contributed by atoms with Crippen molar-refractivity contribution in [3.63, 3.8) is 0 Å². The zero-order valence-electron chi connectivity index (χ0n) is 16.5. The Balaban J connectivity index is 0.000000488. The molecule has 3 amide bonds. The van der Waals surface area contributed by atoms with E-state index in [1.54, 1.807) is 36.7 Å².